The van der Waals surface area contributed by atoms with Crippen molar-refractivity contribution in [3.05, 3.63) is 49.6 Å². The summed E-state index contributed by atoms with van der Waals surface area (Å²) in [4.78, 5) is 38.4. The number of aliphatic hydroxyl groups is 2. The van der Waals surface area contributed by atoms with Crippen molar-refractivity contribution in [3.63, 3.8) is 0 Å². The second-order valence-electron chi connectivity index (χ2n) is 3.59. The average molecular weight is 376 g/mol. The van der Waals surface area contributed by atoms with Gasteiger partial charge in [-0.3, -0.25) is 0 Å². The Morgan fingerprint density at radius 1 is 0.615 bits per heavy atom. The molecule has 0 bridgehead atoms. The molecule has 0 saturated carbocycles. The highest BCUT2D eigenvalue weighted by atomic mass is 16.4. The zero-order valence-corrected chi connectivity index (χ0v) is 14.0. The number of hydrogen-bond donors (Lipinski definition) is 6. The topological polar surface area (TPSA) is 190 Å². The quantitative estimate of drug-likeness (QED) is 0.257. The van der Waals surface area contributed by atoms with Crippen LogP contribution in [-0.4, -0.2) is 67.7 Å². The van der Waals surface area contributed by atoms with Gasteiger partial charge in [0.1, 0.15) is 0 Å². The van der Waals surface area contributed by atoms with Crippen LogP contribution in [0.1, 0.15) is 12.8 Å². The van der Waals surface area contributed by atoms with Crippen LogP contribution in [0.4, 0.5) is 0 Å². The summed E-state index contributed by atoms with van der Waals surface area (Å²) in [6.07, 6.45) is 7.78. The van der Waals surface area contributed by atoms with Crippen molar-refractivity contribution >= 4 is 23.9 Å². The standard InChI is InChI=1S/C8H10O4.2C3H4O2.C2H6O2/c9-7(10)5-3-1-2-4-6-8(11)12;2*1-2-3(4)5;3-1-2-4/h3-6H,1-2H2,(H,9,10)(H,11,12);2*2H,1H2,(H,4,5);3-4H,1-2H2. The molecule has 0 fully saturated rings. The molecule has 0 aromatic carbocycles. The van der Waals surface area contributed by atoms with E-state index in [-0.39, 0.29) is 13.2 Å². The predicted molar refractivity (Wildman–Crippen MR) is 92.6 cm³/mol. The van der Waals surface area contributed by atoms with E-state index in [4.69, 9.17) is 30.6 Å². The van der Waals surface area contributed by atoms with Crippen molar-refractivity contribution < 1.29 is 49.8 Å². The fraction of sp³-hybridized carbons (Fsp3) is 0.250. The molecule has 0 aromatic heterocycles. The first-order valence-corrected chi connectivity index (χ1v) is 6.80. The molecule has 148 valence electrons. The van der Waals surface area contributed by atoms with Crippen molar-refractivity contribution in [1.29, 1.82) is 0 Å². The van der Waals surface area contributed by atoms with Crippen molar-refractivity contribution in [2.75, 3.05) is 13.2 Å². The number of unbranched alkanes of at least 4 members (excludes halogenated alkanes) is 1. The van der Waals surface area contributed by atoms with Gasteiger partial charge in [-0.1, -0.05) is 25.3 Å². The van der Waals surface area contributed by atoms with Crippen LogP contribution < -0.4 is 0 Å². The summed E-state index contributed by atoms with van der Waals surface area (Å²) in [6, 6.07) is 0. The third-order valence-corrected chi connectivity index (χ3v) is 1.47. The molecule has 0 saturated heterocycles. The van der Waals surface area contributed by atoms with E-state index in [2.05, 4.69) is 13.2 Å². The van der Waals surface area contributed by atoms with Gasteiger partial charge in [0.2, 0.25) is 0 Å². The van der Waals surface area contributed by atoms with E-state index >= 15 is 0 Å². The van der Waals surface area contributed by atoms with Crippen LogP contribution in [0, 0.1) is 0 Å². The molecule has 0 spiro atoms. The van der Waals surface area contributed by atoms with Crippen LogP contribution in [0.5, 0.6) is 0 Å². The van der Waals surface area contributed by atoms with Crippen LogP contribution in [0.2, 0.25) is 0 Å². The Labute approximate surface area is 150 Å². The van der Waals surface area contributed by atoms with Gasteiger partial charge in [-0.05, 0) is 12.8 Å². The summed E-state index contributed by atoms with van der Waals surface area (Å²) in [7, 11) is 0. The molecule has 0 rings (SSSR count). The smallest absolute Gasteiger partial charge is 0.327 e. The summed E-state index contributed by atoms with van der Waals surface area (Å²) >= 11 is 0. The molecular formula is C16H24O10. The second kappa shape index (κ2) is 26.6. The number of rotatable bonds is 8. The maximum atomic E-state index is 9.94. The molecule has 0 unspecified atom stereocenters. The lowest BCUT2D eigenvalue weighted by molar-refractivity contribution is -0.132. The Bertz CT molecular complexity index is 433. The molecule has 0 radical (unpaired) electrons. The van der Waals surface area contributed by atoms with Gasteiger partial charge < -0.3 is 30.6 Å². The molecule has 0 atom stereocenters. The molecule has 26 heavy (non-hydrogen) atoms. The molecule has 10 heteroatoms. The van der Waals surface area contributed by atoms with Crippen molar-refractivity contribution in [3.8, 4) is 0 Å². The maximum Gasteiger partial charge on any atom is 0.327 e. The van der Waals surface area contributed by atoms with E-state index in [1.807, 2.05) is 0 Å². The minimum Gasteiger partial charge on any atom is -0.478 e. The van der Waals surface area contributed by atoms with Crippen LogP contribution >= 0.6 is 0 Å². The minimum absolute atomic E-state index is 0.125. The molecular weight excluding hydrogens is 352 g/mol. The Morgan fingerprint density at radius 3 is 0.962 bits per heavy atom. The Morgan fingerprint density at radius 2 is 0.846 bits per heavy atom. The van der Waals surface area contributed by atoms with Crippen LogP contribution in [0.3, 0.4) is 0 Å². The largest absolute Gasteiger partial charge is 0.478 e. The van der Waals surface area contributed by atoms with Gasteiger partial charge in [0.25, 0.3) is 0 Å². The first kappa shape index (κ1) is 30.6. The lowest BCUT2D eigenvalue weighted by Crippen LogP contribution is -1.86. The third kappa shape index (κ3) is 70.0. The molecule has 0 aliphatic carbocycles. The fourth-order valence-corrected chi connectivity index (χ4v) is 0.561. The third-order valence-electron chi connectivity index (χ3n) is 1.47. The summed E-state index contributed by atoms with van der Waals surface area (Å²) in [6.45, 7) is 5.67. The first-order chi connectivity index (χ1) is 12.1. The lowest BCUT2D eigenvalue weighted by atomic mass is 10.2. The van der Waals surface area contributed by atoms with Crippen molar-refractivity contribution in [1.82, 2.24) is 0 Å². The van der Waals surface area contributed by atoms with Gasteiger partial charge >= 0.3 is 23.9 Å². The molecule has 0 aliphatic rings. The number of aliphatic hydroxyl groups excluding tert-OH is 2. The van der Waals surface area contributed by atoms with Gasteiger partial charge in [-0.25, -0.2) is 19.2 Å². The van der Waals surface area contributed by atoms with E-state index in [0.29, 0.717) is 12.8 Å². The van der Waals surface area contributed by atoms with E-state index in [9.17, 15) is 19.2 Å². The van der Waals surface area contributed by atoms with Crippen molar-refractivity contribution in [2.45, 2.75) is 12.8 Å². The Hall–Kier alpha value is -3.24. The number of carboxylic acids is 4. The number of carbonyl (C=O) groups is 4. The molecule has 10 nitrogen and oxygen atoms in total. The van der Waals surface area contributed by atoms with Gasteiger partial charge in [-0.2, -0.15) is 0 Å². The van der Waals surface area contributed by atoms with Crippen LogP contribution in [-0.2, 0) is 19.2 Å². The molecule has 0 aromatic rings. The van der Waals surface area contributed by atoms with Gasteiger partial charge in [0.05, 0.1) is 13.2 Å². The van der Waals surface area contributed by atoms with E-state index in [0.717, 1.165) is 24.3 Å². The van der Waals surface area contributed by atoms with E-state index in [1.165, 1.54) is 12.2 Å². The highest BCUT2D eigenvalue weighted by Gasteiger charge is 1.85. The average Bonchev–Trinajstić information content (AvgIpc) is 2.58. The number of carboxylic acid groups (broad SMARTS) is 4. The number of aliphatic carboxylic acids is 4. The molecule has 0 amide bonds. The second-order valence-corrected chi connectivity index (χ2v) is 3.59. The minimum atomic E-state index is -0.989. The van der Waals surface area contributed by atoms with Crippen molar-refractivity contribution in [2.24, 2.45) is 0 Å². The van der Waals surface area contributed by atoms with E-state index < -0.39 is 23.9 Å². The summed E-state index contributed by atoms with van der Waals surface area (Å²) in [5.41, 5.74) is 0. The SMILES string of the molecule is C=CC(=O)O.C=CC(=O)O.O=C(O)C=CCCC=CC(=O)O.OCCO. The predicted octanol–water partition coefficient (Wildman–Crippen LogP) is 0.533. The summed E-state index contributed by atoms with van der Waals surface area (Å²) in [5.74, 6) is -3.94. The van der Waals surface area contributed by atoms with Gasteiger partial charge in [0.15, 0.2) is 0 Å². The summed E-state index contributed by atoms with van der Waals surface area (Å²) < 4.78 is 0. The molecule has 0 heterocycles. The normalized spacial score (nSPS) is 8.69. The monoisotopic (exact) mass is 376 g/mol. The zero-order valence-electron chi connectivity index (χ0n) is 14.0. The Balaban J connectivity index is -0.000000143. The molecule has 6 N–H and O–H groups in total. The zero-order chi connectivity index (χ0) is 21.4. The maximum absolute atomic E-state index is 9.94. The number of allylic oxidation sites excluding steroid dienone is 2. The summed E-state index contributed by atoms with van der Waals surface area (Å²) in [5, 5.41) is 46.8. The van der Waals surface area contributed by atoms with Crippen LogP contribution in [0.25, 0.3) is 0 Å². The molecule has 0 aliphatic heterocycles. The van der Waals surface area contributed by atoms with Gasteiger partial charge in [-0.15, -0.1) is 0 Å². The first-order valence-electron chi connectivity index (χ1n) is 6.80. The highest BCUT2D eigenvalue weighted by Crippen LogP contribution is 1.92. The van der Waals surface area contributed by atoms with Crippen LogP contribution in [0.15, 0.2) is 49.6 Å². The highest BCUT2D eigenvalue weighted by molar-refractivity contribution is 5.80. The lowest BCUT2D eigenvalue weighted by Gasteiger charge is -1.84. The number of hydrogen-bond acceptors (Lipinski definition) is 6. The Kier molecular flexibility index (Phi) is 31.4. The fourth-order valence-electron chi connectivity index (χ4n) is 0.561. The van der Waals surface area contributed by atoms with Gasteiger partial charge in [0, 0.05) is 24.3 Å². The van der Waals surface area contributed by atoms with E-state index in [1.54, 1.807) is 0 Å².